The normalized spacial score (nSPS) is 20.6. The number of carbonyl (C=O) groups is 3. The molecule has 28 heavy (non-hydrogen) atoms. The zero-order chi connectivity index (χ0) is 20.5. The first kappa shape index (κ1) is 19.8. The van der Waals surface area contributed by atoms with E-state index in [0.29, 0.717) is 18.5 Å². The lowest BCUT2D eigenvalue weighted by molar-refractivity contribution is -0.384. The quantitative estimate of drug-likeness (QED) is 0.438. The minimum atomic E-state index is -1.50. The molecule has 0 saturated carbocycles. The van der Waals surface area contributed by atoms with Gasteiger partial charge in [0.2, 0.25) is 11.8 Å². The maximum Gasteiger partial charge on any atom is 0.328 e. The lowest BCUT2D eigenvalue weighted by Crippen LogP contribution is -2.71. The van der Waals surface area contributed by atoms with Crippen LogP contribution in [-0.4, -0.2) is 35.4 Å². The molecule has 0 radical (unpaired) electrons. The molecule has 0 unspecified atom stereocenters. The summed E-state index contributed by atoms with van der Waals surface area (Å²) in [6, 6.07) is 3.30. The first-order valence-electron chi connectivity index (χ1n) is 9.56. The van der Waals surface area contributed by atoms with Crippen LogP contribution in [0.3, 0.4) is 0 Å². The van der Waals surface area contributed by atoms with Gasteiger partial charge in [-0.05, 0) is 24.5 Å². The molecule has 1 aromatic rings. The smallest absolute Gasteiger partial charge is 0.328 e. The number of hydrogen-bond acceptors (Lipinski definition) is 6. The third kappa shape index (κ3) is 3.10. The molecule has 9 nitrogen and oxygen atoms in total. The first-order chi connectivity index (χ1) is 13.3. The summed E-state index contributed by atoms with van der Waals surface area (Å²) >= 11 is 0. The van der Waals surface area contributed by atoms with Gasteiger partial charge in [0.15, 0.2) is 5.41 Å². The number of rotatable bonds is 6. The molecule has 2 aliphatic heterocycles. The van der Waals surface area contributed by atoms with Crippen molar-refractivity contribution in [2.75, 3.05) is 11.4 Å². The molecule has 0 aliphatic carbocycles. The van der Waals surface area contributed by atoms with Gasteiger partial charge in [0.05, 0.1) is 11.0 Å². The molecule has 9 heteroatoms. The Morgan fingerprint density at radius 3 is 2.43 bits per heavy atom. The molecule has 1 atom stereocenters. The van der Waals surface area contributed by atoms with Crippen molar-refractivity contribution in [3.63, 3.8) is 0 Å². The highest BCUT2D eigenvalue weighted by atomic mass is 16.6. The Labute approximate surface area is 162 Å². The number of urea groups is 1. The summed E-state index contributed by atoms with van der Waals surface area (Å²) in [5, 5.41) is 15.7. The van der Waals surface area contributed by atoms with Crippen LogP contribution in [0.2, 0.25) is 0 Å². The van der Waals surface area contributed by atoms with Gasteiger partial charge in [-0.25, -0.2) is 4.79 Å². The van der Waals surface area contributed by atoms with Gasteiger partial charge in [0.25, 0.3) is 5.69 Å². The van der Waals surface area contributed by atoms with Gasteiger partial charge < -0.3 is 4.90 Å². The lowest BCUT2D eigenvalue weighted by Gasteiger charge is -2.50. The third-order valence-electron chi connectivity index (χ3n) is 5.58. The zero-order valence-corrected chi connectivity index (χ0v) is 16.0. The lowest BCUT2D eigenvalue weighted by atomic mass is 9.67. The van der Waals surface area contributed by atoms with Gasteiger partial charge >= 0.3 is 6.03 Å². The van der Waals surface area contributed by atoms with Crippen LogP contribution in [-0.2, 0) is 16.0 Å². The number of amides is 4. The van der Waals surface area contributed by atoms with E-state index in [0.717, 1.165) is 24.9 Å². The molecule has 1 aromatic carbocycles. The number of hydrogen-bond donors (Lipinski definition) is 2. The van der Waals surface area contributed by atoms with Gasteiger partial charge in [-0.3, -0.25) is 30.3 Å². The molecule has 0 bridgehead atoms. The first-order valence-corrected chi connectivity index (χ1v) is 9.56. The summed E-state index contributed by atoms with van der Waals surface area (Å²) in [6.45, 7) is 4.63. The van der Waals surface area contributed by atoms with Gasteiger partial charge in [-0.15, -0.1) is 0 Å². The van der Waals surface area contributed by atoms with Crippen LogP contribution >= 0.6 is 0 Å². The van der Waals surface area contributed by atoms with Crippen LogP contribution in [0.25, 0.3) is 0 Å². The predicted molar refractivity (Wildman–Crippen MR) is 102 cm³/mol. The van der Waals surface area contributed by atoms with Gasteiger partial charge in [-0.2, -0.15) is 0 Å². The summed E-state index contributed by atoms with van der Waals surface area (Å²) in [5.41, 5.74) is -0.219. The fraction of sp³-hybridized carbons (Fsp3) is 0.526. The number of barbiturate groups is 1. The van der Waals surface area contributed by atoms with Crippen molar-refractivity contribution in [2.45, 2.75) is 52.0 Å². The summed E-state index contributed by atoms with van der Waals surface area (Å²) in [6.07, 6.45) is 3.10. The van der Waals surface area contributed by atoms with E-state index >= 15 is 0 Å². The number of nitro groups is 1. The molecule has 0 aromatic heterocycles. The SMILES string of the molecule is CCCCN1c2ccc([N+](=O)[O-])cc2CC2(C(=O)NC(=O)NC2=O)[C@@H]1CCC. The van der Waals surface area contributed by atoms with E-state index < -0.39 is 34.2 Å². The van der Waals surface area contributed by atoms with Crippen molar-refractivity contribution < 1.29 is 19.3 Å². The van der Waals surface area contributed by atoms with Crippen molar-refractivity contribution in [1.82, 2.24) is 10.6 Å². The average molecular weight is 388 g/mol. The largest absolute Gasteiger partial charge is 0.367 e. The monoisotopic (exact) mass is 388 g/mol. The number of non-ortho nitro benzene ring substituents is 1. The number of benzene rings is 1. The van der Waals surface area contributed by atoms with E-state index in [1.165, 1.54) is 12.1 Å². The molecule has 2 aliphatic rings. The number of carbonyl (C=O) groups excluding carboxylic acids is 3. The number of anilines is 1. The highest BCUT2D eigenvalue weighted by molar-refractivity contribution is 6.20. The van der Waals surface area contributed by atoms with Crippen LogP contribution in [0, 0.1) is 15.5 Å². The van der Waals surface area contributed by atoms with Crippen LogP contribution in [0.5, 0.6) is 0 Å². The molecule has 150 valence electrons. The molecule has 3 rings (SSSR count). The summed E-state index contributed by atoms with van der Waals surface area (Å²) < 4.78 is 0. The van der Waals surface area contributed by atoms with Gasteiger partial charge in [-0.1, -0.05) is 26.7 Å². The number of nitrogens with one attached hydrogen (secondary N) is 2. The number of imide groups is 2. The van der Waals surface area contributed by atoms with Crippen molar-refractivity contribution in [2.24, 2.45) is 5.41 Å². The average Bonchev–Trinajstić information content (AvgIpc) is 2.64. The van der Waals surface area contributed by atoms with Gasteiger partial charge in [0.1, 0.15) is 0 Å². The Morgan fingerprint density at radius 2 is 1.86 bits per heavy atom. The molecular formula is C19H24N4O5. The Morgan fingerprint density at radius 1 is 1.18 bits per heavy atom. The highest BCUT2D eigenvalue weighted by Crippen LogP contribution is 2.45. The molecule has 1 saturated heterocycles. The van der Waals surface area contributed by atoms with Crippen LogP contribution in [0.1, 0.15) is 45.1 Å². The molecule has 2 heterocycles. The van der Waals surface area contributed by atoms with Crippen molar-refractivity contribution >= 4 is 29.2 Å². The fourth-order valence-electron chi connectivity index (χ4n) is 4.27. The van der Waals surface area contributed by atoms with Crippen molar-refractivity contribution in [3.05, 3.63) is 33.9 Å². The van der Waals surface area contributed by atoms with E-state index in [9.17, 15) is 24.5 Å². The second kappa shape index (κ2) is 7.57. The molecule has 2 N–H and O–H groups in total. The van der Waals surface area contributed by atoms with Gasteiger partial charge in [0, 0.05) is 30.8 Å². The second-order valence-electron chi connectivity index (χ2n) is 7.31. The minimum Gasteiger partial charge on any atom is -0.367 e. The molecular weight excluding hydrogens is 364 g/mol. The Hall–Kier alpha value is -2.97. The second-order valence-corrected chi connectivity index (χ2v) is 7.31. The molecule has 1 fully saturated rings. The van der Waals surface area contributed by atoms with E-state index in [1.807, 2.05) is 18.7 Å². The number of fused-ring (bicyclic) bond motifs is 1. The Balaban J connectivity index is 2.18. The van der Waals surface area contributed by atoms with E-state index in [4.69, 9.17) is 0 Å². The van der Waals surface area contributed by atoms with Crippen molar-refractivity contribution in [1.29, 1.82) is 0 Å². The number of nitro benzene ring substituents is 1. The standard InChI is InChI=1S/C19H24N4O5/c1-3-5-9-22-14-8-7-13(23(27)28)10-12(14)11-19(15(22)6-4-2)16(24)20-18(26)21-17(19)25/h7-8,10,15H,3-6,9,11H2,1-2H3,(H2,20,21,24,25,26)/t15-/m0/s1. The van der Waals surface area contributed by atoms with Crippen LogP contribution < -0.4 is 15.5 Å². The molecule has 4 amide bonds. The minimum absolute atomic E-state index is 0.0161. The summed E-state index contributed by atoms with van der Waals surface area (Å²) in [4.78, 5) is 50.4. The van der Waals surface area contributed by atoms with E-state index in [1.54, 1.807) is 6.07 Å². The number of unbranched alkanes of at least 4 members (excludes halogenated alkanes) is 1. The maximum absolute atomic E-state index is 13.0. The third-order valence-corrected chi connectivity index (χ3v) is 5.58. The molecule has 1 spiro atoms. The topological polar surface area (TPSA) is 122 Å². The van der Waals surface area contributed by atoms with Crippen LogP contribution in [0.15, 0.2) is 18.2 Å². The van der Waals surface area contributed by atoms with Crippen LogP contribution in [0.4, 0.5) is 16.2 Å². The van der Waals surface area contributed by atoms with E-state index in [2.05, 4.69) is 10.6 Å². The van der Waals surface area contributed by atoms with E-state index in [-0.39, 0.29) is 12.1 Å². The Bertz CT molecular complexity index is 818. The predicted octanol–water partition coefficient (Wildman–Crippen LogP) is 2.28. The number of nitrogens with zero attached hydrogens (tertiary/aromatic N) is 2. The summed E-state index contributed by atoms with van der Waals surface area (Å²) in [7, 11) is 0. The van der Waals surface area contributed by atoms with Crippen molar-refractivity contribution in [3.8, 4) is 0 Å². The highest BCUT2D eigenvalue weighted by Gasteiger charge is 2.59. The summed E-state index contributed by atoms with van der Waals surface area (Å²) in [5.74, 6) is -1.28. The maximum atomic E-state index is 13.0. The Kier molecular flexibility index (Phi) is 5.35. The zero-order valence-electron chi connectivity index (χ0n) is 16.0. The fourth-order valence-corrected chi connectivity index (χ4v) is 4.27.